The lowest BCUT2D eigenvalue weighted by Crippen LogP contribution is -2.30. The van der Waals surface area contributed by atoms with E-state index in [0.717, 1.165) is 31.4 Å². The highest BCUT2D eigenvalue weighted by Gasteiger charge is 2.14. The molecule has 2 heteroatoms. The van der Waals surface area contributed by atoms with Crippen LogP contribution in [0.1, 0.15) is 24.0 Å². The lowest BCUT2D eigenvalue weighted by atomic mass is 9.99. The SMILES string of the molecule is Cc1cccc(C)c1OCC1CCNCC1. The number of nitrogens with one attached hydrogen (secondary N) is 1. The molecule has 0 aliphatic carbocycles. The molecule has 88 valence electrons. The summed E-state index contributed by atoms with van der Waals surface area (Å²) >= 11 is 0. The highest BCUT2D eigenvalue weighted by molar-refractivity contribution is 5.39. The Kier molecular flexibility index (Phi) is 3.83. The molecule has 1 aromatic rings. The summed E-state index contributed by atoms with van der Waals surface area (Å²) in [6, 6.07) is 6.32. The highest BCUT2D eigenvalue weighted by Crippen LogP contribution is 2.24. The van der Waals surface area contributed by atoms with Crippen molar-refractivity contribution in [3.8, 4) is 5.75 Å². The molecule has 16 heavy (non-hydrogen) atoms. The minimum Gasteiger partial charge on any atom is -0.493 e. The van der Waals surface area contributed by atoms with E-state index in [1.807, 2.05) is 0 Å². The first-order chi connectivity index (χ1) is 7.77. The first-order valence-corrected chi connectivity index (χ1v) is 6.17. The van der Waals surface area contributed by atoms with Crippen LogP contribution >= 0.6 is 0 Å². The van der Waals surface area contributed by atoms with Crippen LogP contribution in [0.4, 0.5) is 0 Å². The Morgan fingerprint density at radius 1 is 1.19 bits per heavy atom. The van der Waals surface area contributed by atoms with Crippen LogP contribution in [-0.2, 0) is 0 Å². The van der Waals surface area contributed by atoms with E-state index in [4.69, 9.17) is 4.74 Å². The molecule has 2 nitrogen and oxygen atoms in total. The van der Waals surface area contributed by atoms with Gasteiger partial charge in [-0.25, -0.2) is 0 Å². The molecule has 0 spiro atoms. The third-order valence-electron chi connectivity index (χ3n) is 3.33. The fourth-order valence-corrected chi connectivity index (χ4v) is 2.28. The standard InChI is InChI=1S/C14H21NO/c1-11-4-3-5-12(2)14(11)16-10-13-6-8-15-9-7-13/h3-5,13,15H,6-10H2,1-2H3. The summed E-state index contributed by atoms with van der Waals surface area (Å²) in [5.41, 5.74) is 2.49. The zero-order valence-electron chi connectivity index (χ0n) is 10.3. The van der Waals surface area contributed by atoms with Gasteiger partial charge in [-0.2, -0.15) is 0 Å². The molecule has 2 rings (SSSR count). The van der Waals surface area contributed by atoms with Crippen molar-refractivity contribution in [1.29, 1.82) is 0 Å². The topological polar surface area (TPSA) is 21.3 Å². The van der Waals surface area contributed by atoms with Crippen molar-refractivity contribution in [1.82, 2.24) is 5.32 Å². The number of benzene rings is 1. The predicted molar refractivity (Wildman–Crippen MR) is 67.0 cm³/mol. The van der Waals surface area contributed by atoms with E-state index < -0.39 is 0 Å². The Hall–Kier alpha value is -1.02. The van der Waals surface area contributed by atoms with Crippen molar-refractivity contribution in [3.63, 3.8) is 0 Å². The zero-order valence-corrected chi connectivity index (χ0v) is 10.3. The van der Waals surface area contributed by atoms with Crippen LogP contribution in [0.25, 0.3) is 0 Å². The van der Waals surface area contributed by atoms with Gasteiger partial charge in [0.1, 0.15) is 5.75 Å². The predicted octanol–water partition coefficient (Wildman–Crippen LogP) is 2.68. The summed E-state index contributed by atoms with van der Waals surface area (Å²) in [7, 11) is 0. The first-order valence-electron chi connectivity index (χ1n) is 6.17. The molecule has 1 heterocycles. The number of hydrogen-bond acceptors (Lipinski definition) is 2. The van der Waals surface area contributed by atoms with Gasteiger partial charge in [0.25, 0.3) is 0 Å². The molecular formula is C14H21NO. The van der Waals surface area contributed by atoms with Crippen molar-refractivity contribution < 1.29 is 4.74 Å². The van der Waals surface area contributed by atoms with E-state index in [1.165, 1.54) is 24.0 Å². The normalized spacial score (nSPS) is 17.4. The van der Waals surface area contributed by atoms with Gasteiger partial charge >= 0.3 is 0 Å². The summed E-state index contributed by atoms with van der Waals surface area (Å²) in [6.07, 6.45) is 2.48. The van der Waals surface area contributed by atoms with Gasteiger partial charge in [-0.15, -0.1) is 0 Å². The lowest BCUT2D eigenvalue weighted by Gasteiger charge is -2.23. The first kappa shape index (κ1) is 11.5. The zero-order chi connectivity index (χ0) is 11.4. The number of piperidine rings is 1. The second kappa shape index (κ2) is 5.35. The fraction of sp³-hybridized carbons (Fsp3) is 0.571. The average Bonchev–Trinajstić information content (AvgIpc) is 2.30. The van der Waals surface area contributed by atoms with Gasteiger partial charge in [0.15, 0.2) is 0 Å². The van der Waals surface area contributed by atoms with Crippen molar-refractivity contribution in [2.45, 2.75) is 26.7 Å². The summed E-state index contributed by atoms with van der Waals surface area (Å²) in [5, 5.41) is 3.38. The molecule has 1 fully saturated rings. The van der Waals surface area contributed by atoms with Crippen LogP contribution in [-0.4, -0.2) is 19.7 Å². The Morgan fingerprint density at radius 3 is 2.44 bits per heavy atom. The molecule has 0 bridgehead atoms. The quantitative estimate of drug-likeness (QED) is 0.844. The number of ether oxygens (including phenoxy) is 1. The molecule has 1 saturated heterocycles. The number of aryl methyl sites for hydroxylation is 2. The van der Waals surface area contributed by atoms with E-state index in [0.29, 0.717) is 0 Å². The Labute approximate surface area is 98.0 Å². The van der Waals surface area contributed by atoms with Gasteiger partial charge in [0, 0.05) is 0 Å². The van der Waals surface area contributed by atoms with Gasteiger partial charge in [-0.3, -0.25) is 0 Å². The highest BCUT2D eigenvalue weighted by atomic mass is 16.5. The molecule has 0 radical (unpaired) electrons. The van der Waals surface area contributed by atoms with Crippen LogP contribution in [0, 0.1) is 19.8 Å². The van der Waals surface area contributed by atoms with Crippen LogP contribution in [0.2, 0.25) is 0 Å². The van der Waals surface area contributed by atoms with E-state index in [1.54, 1.807) is 0 Å². The van der Waals surface area contributed by atoms with Crippen molar-refractivity contribution in [3.05, 3.63) is 29.3 Å². The number of rotatable bonds is 3. The largest absolute Gasteiger partial charge is 0.493 e. The smallest absolute Gasteiger partial charge is 0.125 e. The Morgan fingerprint density at radius 2 is 1.81 bits per heavy atom. The van der Waals surface area contributed by atoms with Gasteiger partial charge < -0.3 is 10.1 Å². The minimum absolute atomic E-state index is 0.722. The summed E-state index contributed by atoms with van der Waals surface area (Å²) in [6.45, 7) is 7.38. The number of hydrogen-bond donors (Lipinski definition) is 1. The van der Waals surface area contributed by atoms with Gasteiger partial charge in [-0.1, -0.05) is 18.2 Å². The third kappa shape index (κ3) is 2.76. The van der Waals surface area contributed by atoms with Crippen molar-refractivity contribution in [2.75, 3.05) is 19.7 Å². The Bertz CT molecular complexity index is 322. The lowest BCUT2D eigenvalue weighted by molar-refractivity contribution is 0.213. The maximum absolute atomic E-state index is 5.98. The van der Waals surface area contributed by atoms with Crippen LogP contribution in [0.3, 0.4) is 0 Å². The molecule has 1 N–H and O–H groups in total. The van der Waals surface area contributed by atoms with Gasteiger partial charge in [0.2, 0.25) is 0 Å². The van der Waals surface area contributed by atoms with Crippen LogP contribution < -0.4 is 10.1 Å². The molecule has 0 atom stereocenters. The van der Waals surface area contributed by atoms with Gasteiger partial charge in [-0.05, 0) is 56.8 Å². The van der Waals surface area contributed by atoms with E-state index in [9.17, 15) is 0 Å². The molecule has 1 aromatic carbocycles. The van der Waals surface area contributed by atoms with E-state index in [-0.39, 0.29) is 0 Å². The van der Waals surface area contributed by atoms with E-state index >= 15 is 0 Å². The second-order valence-corrected chi connectivity index (χ2v) is 4.73. The Balaban J connectivity index is 1.93. The monoisotopic (exact) mass is 219 g/mol. The molecule has 0 aromatic heterocycles. The third-order valence-corrected chi connectivity index (χ3v) is 3.33. The number of para-hydroxylation sites is 1. The summed E-state index contributed by atoms with van der Waals surface area (Å²) in [5.74, 6) is 1.81. The molecule has 0 amide bonds. The molecule has 1 aliphatic heterocycles. The molecule has 1 aliphatic rings. The maximum Gasteiger partial charge on any atom is 0.125 e. The summed E-state index contributed by atoms with van der Waals surface area (Å²) < 4.78 is 5.98. The van der Waals surface area contributed by atoms with Crippen LogP contribution in [0.15, 0.2) is 18.2 Å². The fourth-order valence-electron chi connectivity index (χ4n) is 2.28. The average molecular weight is 219 g/mol. The maximum atomic E-state index is 5.98. The summed E-state index contributed by atoms with van der Waals surface area (Å²) in [4.78, 5) is 0. The van der Waals surface area contributed by atoms with E-state index in [2.05, 4.69) is 37.4 Å². The van der Waals surface area contributed by atoms with Crippen molar-refractivity contribution >= 4 is 0 Å². The molecule has 0 unspecified atom stereocenters. The minimum atomic E-state index is 0.722. The van der Waals surface area contributed by atoms with Gasteiger partial charge in [0.05, 0.1) is 6.61 Å². The molecule has 0 saturated carbocycles. The second-order valence-electron chi connectivity index (χ2n) is 4.73. The van der Waals surface area contributed by atoms with Crippen LogP contribution in [0.5, 0.6) is 5.75 Å². The molecular weight excluding hydrogens is 198 g/mol. The van der Waals surface area contributed by atoms with Crippen molar-refractivity contribution in [2.24, 2.45) is 5.92 Å².